The third kappa shape index (κ3) is 6.84. The zero-order valence-corrected chi connectivity index (χ0v) is 13.1. The molecule has 5 nitrogen and oxygen atoms in total. The summed E-state index contributed by atoms with van der Waals surface area (Å²) >= 11 is 5.20. The highest BCUT2D eigenvalue weighted by Crippen LogP contribution is 2.02. The highest BCUT2D eigenvalue weighted by atomic mass is 32.1. The number of thiocarbonyl (C=S) groups is 1. The van der Waals surface area contributed by atoms with E-state index in [-0.39, 0.29) is 0 Å². The molecule has 1 fully saturated rings. The summed E-state index contributed by atoms with van der Waals surface area (Å²) in [5.74, 6) is 0.494. The normalized spacial score (nSPS) is 19.0. The summed E-state index contributed by atoms with van der Waals surface area (Å²) in [7, 11) is 0. The van der Waals surface area contributed by atoms with E-state index in [1.807, 2.05) is 6.92 Å². The van der Waals surface area contributed by atoms with Gasteiger partial charge in [-0.1, -0.05) is 13.8 Å². The van der Waals surface area contributed by atoms with Gasteiger partial charge in [-0.15, -0.1) is 0 Å². The van der Waals surface area contributed by atoms with Gasteiger partial charge in [-0.05, 0) is 31.5 Å². The summed E-state index contributed by atoms with van der Waals surface area (Å²) in [4.78, 5) is 1.57. The van der Waals surface area contributed by atoms with Gasteiger partial charge in [0.15, 0.2) is 5.11 Å². The number of nitrogens with one attached hydrogen (secondary N) is 3. The lowest BCUT2D eigenvalue weighted by Crippen LogP contribution is -3.14. The molecule has 0 radical (unpaired) electrons. The van der Waals surface area contributed by atoms with E-state index in [9.17, 15) is 0 Å². The third-order valence-electron chi connectivity index (χ3n) is 3.62. The maximum absolute atomic E-state index is 5.33. The predicted molar refractivity (Wildman–Crippen MR) is 82.7 cm³/mol. The van der Waals surface area contributed by atoms with Crippen molar-refractivity contribution in [1.29, 1.82) is 0 Å². The average molecular weight is 287 g/mol. The third-order valence-corrected chi connectivity index (χ3v) is 3.86. The quantitative estimate of drug-likeness (QED) is 0.359. The number of ether oxygens (including phenoxy) is 1. The first-order chi connectivity index (χ1) is 9.13. The molecule has 0 aromatic heterocycles. The molecule has 0 aromatic rings. The highest BCUT2D eigenvalue weighted by Gasteiger charge is 2.12. The maximum Gasteiger partial charge on any atom is 0.187 e. The van der Waals surface area contributed by atoms with Crippen molar-refractivity contribution in [2.75, 3.05) is 39.4 Å². The molecule has 3 N–H and O–H groups in total. The molecule has 0 aliphatic carbocycles. The minimum atomic E-state index is 0.494. The van der Waals surface area contributed by atoms with Gasteiger partial charge in [0, 0.05) is 5.71 Å². The van der Waals surface area contributed by atoms with Gasteiger partial charge < -0.3 is 15.0 Å². The Balaban J connectivity index is 2.13. The molecule has 0 bridgehead atoms. The summed E-state index contributed by atoms with van der Waals surface area (Å²) in [6, 6.07) is 0. The molecule has 1 saturated heterocycles. The number of morpholine rings is 1. The van der Waals surface area contributed by atoms with Crippen molar-refractivity contribution in [2.45, 2.75) is 27.2 Å². The van der Waals surface area contributed by atoms with E-state index in [2.05, 4.69) is 29.7 Å². The van der Waals surface area contributed by atoms with E-state index < -0.39 is 0 Å². The molecular formula is C13H27N4OS+. The van der Waals surface area contributed by atoms with Crippen molar-refractivity contribution in [3.05, 3.63) is 0 Å². The summed E-state index contributed by atoms with van der Waals surface area (Å²) in [5.41, 5.74) is 4.00. The van der Waals surface area contributed by atoms with Crippen molar-refractivity contribution in [3.8, 4) is 0 Å². The fourth-order valence-corrected chi connectivity index (χ4v) is 1.99. The molecule has 6 heteroatoms. The first-order valence-electron chi connectivity index (χ1n) is 7.12. The molecular weight excluding hydrogens is 260 g/mol. The SMILES string of the molecule is CC[C@@H](C)/C(C)=N\NC(=S)NCC[NH+]1CCOCC1. The van der Waals surface area contributed by atoms with Crippen LogP contribution in [0.1, 0.15) is 27.2 Å². The zero-order chi connectivity index (χ0) is 14.1. The number of hydrogen-bond acceptors (Lipinski definition) is 3. The van der Waals surface area contributed by atoms with Crippen LogP contribution in [0.4, 0.5) is 0 Å². The molecule has 1 rings (SSSR count). The lowest BCUT2D eigenvalue weighted by molar-refractivity contribution is -0.906. The molecule has 19 heavy (non-hydrogen) atoms. The van der Waals surface area contributed by atoms with Gasteiger partial charge in [0.1, 0.15) is 13.1 Å². The highest BCUT2D eigenvalue weighted by molar-refractivity contribution is 7.80. The Hall–Kier alpha value is -0.720. The monoisotopic (exact) mass is 287 g/mol. The summed E-state index contributed by atoms with van der Waals surface area (Å²) < 4.78 is 5.33. The maximum atomic E-state index is 5.33. The van der Waals surface area contributed by atoms with Crippen LogP contribution >= 0.6 is 12.2 Å². The second-order valence-electron chi connectivity index (χ2n) is 5.04. The topological polar surface area (TPSA) is 50.1 Å². The summed E-state index contributed by atoms with van der Waals surface area (Å²) in [6.07, 6.45) is 1.09. The van der Waals surface area contributed by atoms with Gasteiger partial charge in [0.2, 0.25) is 0 Å². The largest absolute Gasteiger partial charge is 0.370 e. The summed E-state index contributed by atoms with van der Waals surface area (Å²) in [5, 5.41) is 8.10. The molecule has 1 aliphatic rings. The van der Waals surface area contributed by atoms with Crippen LogP contribution in [0.2, 0.25) is 0 Å². The lowest BCUT2D eigenvalue weighted by atomic mass is 10.1. The van der Waals surface area contributed by atoms with Crippen molar-refractivity contribution in [3.63, 3.8) is 0 Å². The van der Waals surface area contributed by atoms with Crippen LogP contribution in [-0.4, -0.2) is 50.2 Å². The fourth-order valence-electron chi connectivity index (χ4n) is 1.85. The number of rotatable bonds is 6. The van der Waals surface area contributed by atoms with Crippen LogP contribution in [-0.2, 0) is 4.74 Å². The van der Waals surface area contributed by atoms with E-state index in [0.717, 1.165) is 51.5 Å². The van der Waals surface area contributed by atoms with E-state index in [1.165, 1.54) is 0 Å². The Bertz CT molecular complexity index is 303. The number of hydrazone groups is 1. The van der Waals surface area contributed by atoms with Crippen LogP contribution in [0.25, 0.3) is 0 Å². The van der Waals surface area contributed by atoms with E-state index in [1.54, 1.807) is 4.90 Å². The van der Waals surface area contributed by atoms with Gasteiger partial charge in [-0.3, -0.25) is 5.43 Å². The van der Waals surface area contributed by atoms with Crippen LogP contribution in [0.15, 0.2) is 5.10 Å². The van der Waals surface area contributed by atoms with Gasteiger partial charge in [0.05, 0.1) is 26.3 Å². The average Bonchev–Trinajstić information content (AvgIpc) is 2.45. The van der Waals surface area contributed by atoms with Crippen LogP contribution in [0.3, 0.4) is 0 Å². The molecule has 1 aliphatic heterocycles. The minimum Gasteiger partial charge on any atom is -0.370 e. The molecule has 0 unspecified atom stereocenters. The van der Waals surface area contributed by atoms with Gasteiger partial charge in [-0.25, -0.2) is 0 Å². The van der Waals surface area contributed by atoms with Crippen molar-refractivity contribution in [2.24, 2.45) is 11.0 Å². The van der Waals surface area contributed by atoms with Crippen molar-refractivity contribution in [1.82, 2.24) is 10.7 Å². The lowest BCUT2D eigenvalue weighted by Gasteiger charge is -2.23. The molecule has 0 spiro atoms. The second-order valence-corrected chi connectivity index (χ2v) is 5.45. The van der Waals surface area contributed by atoms with Crippen LogP contribution < -0.4 is 15.6 Å². The van der Waals surface area contributed by atoms with Crippen LogP contribution in [0, 0.1) is 5.92 Å². The zero-order valence-electron chi connectivity index (χ0n) is 12.3. The molecule has 1 atom stereocenters. The molecule has 1 heterocycles. The summed E-state index contributed by atoms with van der Waals surface area (Å²) in [6.45, 7) is 12.2. The standard InChI is InChI=1S/C13H26N4OS/c1-4-11(2)12(3)15-16-13(19)14-5-6-17-7-9-18-10-8-17/h11H,4-10H2,1-3H3,(H2,14,16,19)/p+1/b15-12-/t11-/m1/s1. The van der Waals surface area contributed by atoms with Crippen molar-refractivity contribution < 1.29 is 9.64 Å². The van der Waals surface area contributed by atoms with Gasteiger partial charge >= 0.3 is 0 Å². The fraction of sp³-hybridized carbons (Fsp3) is 0.846. The van der Waals surface area contributed by atoms with Gasteiger partial charge in [0.25, 0.3) is 0 Å². The molecule has 0 aromatic carbocycles. The molecule has 0 amide bonds. The predicted octanol–water partition coefficient (Wildman–Crippen LogP) is -0.212. The van der Waals surface area contributed by atoms with E-state index in [4.69, 9.17) is 17.0 Å². The smallest absolute Gasteiger partial charge is 0.187 e. The first kappa shape index (κ1) is 16.3. The molecule has 0 saturated carbocycles. The number of quaternary nitrogens is 1. The number of hydrogen-bond donors (Lipinski definition) is 3. The van der Waals surface area contributed by atoms with E-state index >= 15 is 0 Å². The Morgan fingerprint density at radius 3 is 2.74 bits per heavy atom. The van der Waals surface area contributed by atoms with Crippen molar-refractivity contribution >= 4 is 23.0 Å². The Labute approximate surface area is 121 Å². The Morgan fingerprint density at radius 2 is 2.11 bits per heavy atom. The second kappa shape index (κ2) is 9.23. The number of nitrogens with zero attached hydrogens (tertiary/aromatic N) is 1. The van der Waals surface area contributed by atoms with Gasteiger partial charge in [-0.2, -0.15) is 5.10 Å². The van der Waals surface area contributed by atoms with Crippen LogP contribution in [0.5, 0.6) is 0 Å². The first-order valence-corrected chi connectivity index (χ1v) is 7.53. The minimum absolute atomic E-state index is 0.494. The Morgan fingerprint density at radius 1 is 1.42 bits per heavy atom. The molecule has 110 valence electrons. The Kier molecular flexibility index (Phi) is 7.93. The van der Waals surface area contributed by atoms with E-state index in [0.29, 0.717) is 11.0 Å².